The third-order valence-corrected chi connectivity index (χ3v) is 4.10. The Morgan fingerprint density at radius 3 is 2.42 bits per heavy atom. The van der Waals surface area contributed by atoms with E-state index in [-0.39, 0.29) is 36.6 Å². The van der Waals surface area contributed by atoms with Gasteiger partial charge in [-0.1, -0.05) is 13.8 Å². The fourth-order valence-corrected chi connectivity index (χ4v) is 3.02. The van der Waals surface area contributed by atoms with Gasteiger partial charge in [0, 0.05) is 43.9 Å². The van der Waals surface area contributed by atoms with Crippen LogP contribution < -0.4 is 10.1 Å². The van der Waals surface area contributed by atoms with Crippen LogP contribution in [0.3, 0.4) is 0 Å². The Balaban J connectivity index is 0.00000264. The van der Waals surface area contributed by atoms with E-state index in [4.69, 9.17) is 4.74 Å². The molecule has 7 heteroatoms. The van der Waals surface area contributed by atoms with Crippen LogP contribution >= 0.6 is 24.8 Å². The minimum Gasteiger partial charge on any atom is -0.504 e. The number of ether oxygens (including phenoxy) is 1. The number of phenols is 1. The molecule has 0 bridgehead atoms. The van der Waals surface area contributed by atoms with E-state index < -0.39 is 0 Å². The summed E-state index contributed by atoms with van der Waals surface area (Å²) in [6.45, 7) is 8.13. The number of benzene rings is 1. The van der Waals surface area contributed by atoms with Gasteiger partial charge in [-0.3, -0.25) is 4.90 Å². The second kappa shape index (κ2) is 10.6. The van der Waals surface area contributed by atoms with Gasteiger partial charge in [-0.05, 0) is 18.4 Å². The summed E-state index contributed by atoms with van der Waals surface area (Å²) in [5.41, 5.74) is 1.32. The molecule has 2 N–H and O–H groups in total. The molecule has 1 atom stereocenters. The lowest BCUT2D eigenvalue weighted by Gasteiger charge is -2.36. The van der Waals surface area contributed by atoms with Crippen LogP contribution in [0.1, 0.15) is 37.4 Å². The Morgan fingerprint density at radius 2 is 1.92 bits per heavy atom. The number of hydrogen-bond donors (Lipinski definition) is 2. The van der Waals surface area contributed by atoms with Crippen LogP contribution in [-0.4, -0.2) is 43.3 Å². The summed E-state index contributed by atoms with van der Waals surface area (Å²) in [6.07, 6.45) is 0.936. The van der Waals surface area contributed by atoms with Crippen molar-refractivity contribution in [1.82, 2.24) is 10.2 Å². The molecule has 1 heterocycles. The van der Waals surface area contributed by atoms with Crippen LogP contribution in [0, 0.1) is 17.2 Å². The zero-order chi connectivity index (χ0) is 16.1. The number of phenolic OH excluding ortho intramolecular Hbond substituents is 1. The predicted molar refractivity (Wildman–Crippen MR) is 101 cm³/mol. The molecule has 1 aliphatic rings. The maximum absolute atomic E-state index is 10.5. The summed E-state index contributed by atoms with van der Waals surface area (Å²) in [4.78, 5) is 2.38. The minimum atomic E-state index is 0. The quantitative estimate of drug-likeness (QED) is 0.827. The van der Waals surface area contributed by atoms with E-state index >= 15 is 0 Å². The number of halogens is 2. The Labute approximate surface area is 156 Å². The van der Waals surface area contributed by atoms with E-state index in [1.54, 1.807) is 12.1 Å². The van der Waals surface area contributed by atoms with Gasteiger partial charge < -0.3 is 15.2 Å². The summed E-state index contributed by atoms with van der Waals surface area (Å²) in [5, 5.41) is 23.1. The van der Waals surface area contributed by atoms with Gasteiger partial charge in [-0.2, -0.15) is 5.26 Å². The van der Waals surface area contributed by atoms with Gasteiger partial charge in [0.25, 0.3) is 0 Å². The maximum atomic E-state index is 10.5. The van der Waals surface area contributed by atoms with E-state index in [1.165, 1.54) is 7.11 Å². The second-order valence-electron chi connectivity index (χ2n) is 6.16. The Kier molecular flexibility index (Phi) is 10.1. The first-order chi connectivity index (χ1) is 10.6. The zero-order valence-electron chi connectivity index (χ0n) is 14.4. The van der Waals surface area contributed by atoms with Gasteiger partial charge >= 0.3 is 0 Å². The summed E-state index contributed by atoms with van der Waals surface area (Å²) in [6, 6.07) is 5.64. The molecule has 136 valence electrons. The monoisotopic (exact) mass is 375 g/mol. The molecule has 1 aromatic carbocycles. The largest absolute Gasteiger partial charge is 0.504 e. The highest BCUT2D eigenvalue weighted by Gasteiger charge is 2.27. The highest BCUT2D eigenvalue weighted by atomic mass is 35.5. The number of rotatable bonds is 5. The lowest BCUT2D eigenvalue weighted by molar-refractivity contribution is 0.151. The zero-order valence-corrected chi connectivity index (χ0v) is 16.0. The Hall–Kier alpha value is -1.19. The first-order valence-corrected chi connectivity index (χ1v) is 7.82. The Morgan fingerprint density at radius 1 is 1.29 bits per heavy atom. The van der Waals surface area contributed by atoms with Gasteiger partial charge in [0.15, 0.2) is 11.5 Å². The van der Waals surface area contributed by atoms with Crippen LogP contribution in [-0.2, 0) is 0 Å². The van der Waals surface area contributed by atoms with E-state index in [9.17, 15) is 10.4 Å². The fraction of sp³-hybridized carbons (Fsp3) is 0.588. The number of nitriles is 1. The SMILES string of the molecule is COc1cc(C#N)cc([C@H](CC(C)C)N2CCNCC2)c1O.Cl.Cl. The molecule has 1 aliphatic heterocycles. The summed E-state index contributed by atoms with van der Waals surface area (Å²) in [7, 11) is 1.52. The highest BCUT2D eigenvalue weighted by molar-refractivity contribution is 5.85. The van der Waals surface area contributed by atoms with Crippen molar-refractivity contribution in [3.05, 3.63) is 23.3 Å². The molecular formula is C17H27Cl2N3O2. The average molecular weight is 376 g/mol. The molecule has 1 fully saturated rings. The van der Waals surface area contributed by atoms with Crippen molar-refractivity contribution in [2.24, 2.45) is 5.92 Å². The fourth-order valence-electron chi connectivity index (χ4n) is 3.02. The van der Waals surface area contributed by atoms with E-state index in [1.807, 2.05) is 0 Å². The molecule has 1 saturated heterocycles. The molecule has 2 rings (SSSR count). The molecule has 0 spiro atoms. The summed E-state index contributed by atoms with van der Waals surface area (Å²) < 4.78 is 5.24. The molecule has 1 aromatic rings. The average Bonchev–Trinajstić information content (AvgIpc) is 2.54. The van der Waals surface area contributed by atoms with Gasteiger partial charge in [0.05, 0.1) is 18.7 Å². The maximum Gasteiger partial charge on any atom is 0.162 e. The van der Waals surface area contributed by atoms with Crippen molar-refractivity contribution >= 4 is 24.8 Å². The number of piperazine rings is 1. The van der Waals surface area contributed by atoms with Gasteiger partial charge in [0.2, 0.25) is 0 Å². The third kappa shape index (κ3) is 5.42. The molecule has 0 saturated carbocycles. The third-order valence-electron chi connectivity index (χ3n) is 4.10. The van der Waals surface area contributed by atoms with Crippen molar-refractivity contribution < 1.29 is 9.84 Å². The van der Waals surface area contributed by atoms with E-state index in [2.05, 4.69) is 30.1 Å². The molecule has 0 aromatic heterocycles. The lowest BCUT2D eigenvalue weighted by Crippen LogP contribution is -2.45. The van der Waals surface area contributed by atoms with Crippen LogP contribution in [0.2, 0.25) is 0 Å². The van der Waals surface area contributed by atoms with Crippen molar-refractivity contribution in [2.75, 3.05) is 33.3 Å². The van der Waals surface area contributed by atoms with Crippen molar-refractivity contribution in [2.45, 2.75) is 26.3 Å². The molecule has 0 unspecified atom stereocenters. The molecule has 5 nitrogen and oxygen atoms in total. The molecule has 0 amide bonds. The highest BCUT2D eigenvalue weighted by Crippen LogP contribution is 2.40. The minimum absolute atomic E-state index is 0. The number of methoxy groups -OCH3 is 1. The summed E-state index contributed by atoms with van der Waals surface area (Å²) in [5.74, 6) is 1.03. The molecule has 0 radical (unpaired) electrons. The van der Waals surface area contributed by atoms with Gasteiger partial charge in [-0.15, -0.1) is 24.8 Å². The van der Waals surface area contributed by atoms with Gasteiger partial charge in [-0.25, -0.2) is 0 Å². The number of nitrogens with zero attached hydrogens (tertiary/aromatic N) is 2. The van der Waals surface area contributed by atoms with Crippen LogP contribution in [0.4, 0.5) is 0 Å². The second-order valence-corrected chi connectivity index (χ2v) is 6.16. The van der Waals surface area contributed by atoms with E-state index in [0.29, 0.717) is 17.2 Å². The van der Waals surface area contributed by atoms with Crippen molar-refractivity contribution in [3.8, 4) is 17.6 Å². The normalized spacial score (nSPS) is 15.8. The Bertz CT molecular complexity index is 556. The smallest absolute Gasteiger partial charge is 0.162 e. The predicted octanol–water partition coefficient (Wildman–Crippen LogP) is 3.11. The molecular weight excluding hydrogens is 349 g/mol. The van der Waals surface area contributed by atoms with Crippen molar-refractivity contribution in [1.29, 1.82) is 5.26 Å². The van der Waals surface area contributed by atoms with Crippen LogP contribution in [0.15, 0.2) is 12.1 Å². The molecule has 24 heavy (non-hydrogen) atoms. The first-order valence-electron chi connectivity index (χ1n) is 7.82. The standard InChI is InChI=1S/C17H25N3O2.2ClH/c1-12(2)8-15(20-6-4-19-5-7-20)14-9-13(11-18)10-16(22-3)17(14)21;;/h9-10,12,15,19,21H,4-8H2,1-3H3;2*1H/t15-;;/m0../s1. The van der Waals surface area contributed by atoms with Crippen LogP contribution in [0.25, 0.3) is 0 Å². The van der Waals surface area contributed by atoms with Crippen LogP contribution in [0.5, 0.6) is 11.5 Å². The topological polar surface area (TPSA) is 68.5 Å². The van der Waals surface area contributed by atoms with E-state index in [0.717, 1.165) is 38.2 Å². The number of nitrogens with one attached hydrogen (secondary N) is 1. The first kappa shape index (κ1) is 22.8. The van der Waals surface area contributed by atoms with Gasteiger partial charge in [0.1, 0.15) is 0 Å². The molecule has 0 aliphatic carbocycles. The summed E-state index contributed by atoms with van der Waals surface area (Å²) >= 11 is 0. The van der Waals surface area contributed by atoms with Crippen molar-refractivity contribution in [3.63, 3.8) is 0 Å². The number of hydrogen-bond acceptors (Lipinski definition) is 5. The number of aromatic hydroxyl groups is 1. The lowest BCUT2D eigenvalue weighted by atomic mass is 9.93.